The van der Waals surface area contributed by atoms with Gasteiger partial charge in [0.1, 0.15) is 5.75 Å². The molecule has 25 heavy (non-hydrogen) atoms. The van der Waals surface area contributed by atoms with E-state index in [1.54, 1.807) is 6.92 Å². The Labute approximate surface area is 142 Å². The lowest BCUT2D eigenvalue weighted by molar-refractivity contribution is -0.142. The van der Waals surface area contributed by atoms with E-state index < -0.39 is 30.3 Å². The molecule has 0 aromatic heterocycles. The molecule has 1 fully saturated rings. The second-order valence-corrected chi connectivity index (χ2v) is 5.78. The minimum absolute atomic E-state index is 0.0796. The van der Waals surface area contributed by atoms with Crippen LogP contribution in [0.2, 0.25) is 0 Å². The molecule has 0 bridgehead atoms. The quantitative estimate of drug-likeness (QED) is 0.798. The van der Waals surface area contributed by atoms with E-state index in [2.05, 4.69) is 10.1 Å². The van der Waals surface area contributed by atoms with Gasteiger partial charge in [-0.05, 0) is 18.1 Å². The number of likely N-dealkylation sites (tertiary alicyclic amines) is 1. The summed E-state index contributed by atoms with van der Waals surface area (Å²) in [6.45, 7) is -1.33. The van der Waals surface area contributed by atoms with Gasteiger partial charge in [-0.15, -0.1) is 0 Å². The molecule has 0 radical (unpaired) electrons. The molecule has 1 aliphatic heterocycles. The monoisotopic (exact) mass is 356 g/mol. The number of benzene rings is 1. The van der Waals surface area contributed by atoms with E-state index in [4.69, 9.17) is 5.11 Å². The van der Waals surface area contributed by atoms with E-state index >= 15 is 0 Å². The second kappa shape index (κ2) is 7.91. The molecular weight excluding hydrogens is 338 g/mol. The lowest BCUT2D eigenvalue weighted by Crippen LogP contribution is -2.39. The topological polar surface area (TPSA) is 95.9 Å². The minimum atomic E-state index is -3.07. The second-order valence-electron chi connectivity index (χ2n) is 5.78. The number of hydrogen-bond acceptors (Lipinski definition) is 4. The van der Waals surface area contributed by atoms with E-state index in [0.29, 0.717) is 0 Å². The highest BCUT2D eigenvalue weighted by Crippen LogP contribution is 2.23. The Morgan fingerprint density at radius 1 is 1.32 bits per heavy atom. The molecule has 0 saturated carbocycles. The van der Waals surface area contributed by atoms with Crippen molar-refractivity contribution in [2.75, 3.05) is 19.6 Å². The Bertz CT molecular complexity index is 668. The molecule has 7 nitrogen and oxygen atoms in total. The van der Waals surface area contributed by atoms with E-state index in [1.165, 1.54) is 29.2 Å². The van der Waals surface area contributed by atoms with Gasteiger partial charge in [0.05, 0.1) is 18.0 Å². The number of halogens is 2. The van der Waals surface area contributed by atoms with Crippen LogP contribution in [0.1, 0.15) is 17.3 Å². The minimum Gasteiger partial charge on any atom is -0.481 e. The standard InChI is InChI=1S/C16H18F2N2O5/c1-9-7-20(8-11(9)15(23)24)13(21)6-19-14(22)10-4-2-3-5-12(10)25-16(17)18/h2-5,9,11,16H,6-8H2,1H3,(H,19,22)(H,23,24)/t9-,11-/m1/s1. The normalized spacial score (nSPS) is 19.8. The van der Waals surface area contributed by atoms with Gasteiger partial charge in [0.2, 0.25) is 5.91 Å². The average Bonchev–Trinajstić information content (AvgIpc) is 2.94. The van der Waals surface area contributed by atoms with Gasteiger partial charge in [-0.2, -0.15) is 8.78 Å². The van der Waals surface area contributed by atoms with Crippen LogP contribution in [0.25, 0.3) is 0 Å². The van der Waals surface area contributed by atoms with Crippen LogP contribution in [-0.4, -0.2) is 54.0 Å². The number of nitrogens with one attached hydrogen (secondary N) is 1. The molecule has 1 aliphatic rings. The molecule has 136 valence electrons. The Morgan fingerprint density at radius 2 is 2.00 bits per heavy atom. The number of aliphatic carboxylic acids is 1. The first-order valence-electron chi connectivity index (χ1n) is 7.62. The molecule has 1 heterocycles. The Kier molecular flexibility index (Phi) is 5.89. The number of carboxylic acids is 1. The summed E-state index contributed by atoms with van der Waals surface area (Å²) in [5.74, 6) is -3.24. The smallest absolute Gasteiger partial charge is 0.387 e. The molecule has 1 saturated heterocycles. The summed E-state index contributed by atoms with van der Waals surface area (Å²) >= 11 is 0. The number of carboxylic acid groups (broad SMARTS) is 1. The number of para-hydroxylation sites is 1. The van der Waals surface area contributed by atoms with Crippen LogP contribution < -0.4 is 10.1 Å². The summed E-state index contributed by atoms with van der Waals surface area (Å²) < 4.78 is 29.0. The van der Waals surface area contributed by atoms with Gasteiger partial charge in [0.15, 0.2) is 0 Å². The molecule has 0 unspecified atom stereocenters. The number of hydrogen-bond donors (Lipinski definition) is 2. The number of amides is 2. The van der Waals surface area contributed by atoms with Gasteiger partial charge in [-0.1, -0.05) is 19.1 Å². The maximum absolute atomic E-state index is 12.4. The van der Waals surface area contributed by atoms with Crippen LogP contribution in [-0.2, 0) is 9.59 Å². The maximum Gasteiger partial charge on any atom is 0.387 e. The van der Waals surface area contributed by atoms with Crippen LogP contribution in [0.5, 0.6) is 5.75 Å². The molecule has 0 spiro atoms. The van der Waals surface area contributed by atoms with Crippen LogP contribution in [0.3, 0.4) is 0 Å². The summed E-state index contributed by atoms with van der Waals surface area (Å²) in [5, 5.41) is 11.4. The third kappa shape index (κ3) is 4.65. The molecule has 2 amide bonds. The van der Waals surface area contributed by atoms with Crippen LogP contribution in [0.15, 0.2) is 24.3 Å². The van der Waals surface area contributed by atoms with Gasteiger partial charge in [-0.3, -0.25) is 14.4 Å². The third-order valence-corrected chi connectivity index (χ3v) is 4.03. The van der Waals surface area contributed by atoms with Crippen molar-refractivity contribution in [3.8, 4) is 5.75 Å². The molecule has 9 heteroatoms. The molecule has 1 aromatic rings. The van der Waals surface area contributed by atoms with Crippen molar-refractivity contribution in [1.29, 1.82) is 0 Å². The highest BCUT2D eigenvalue weighted by molar-refractivity contribution is 5.98. The van der Waals surface area contributed by atoms with Gasteiger partial charge in [-0.25, -0.2) is 0 Å². The van der Waals surface area contributed by atoms with Gasteiger partial charge in [0, 0.05) is 13.1 Å². The zero-order chi connectivity index (χ0) is 18.6. The van der Waals surface area contributed by atoms with E-state index in [1.807, 2.05) is 0 Å². The average molecular weight is 356 g/mol. The van der Waals surface area contributed by atoms with E-state index in [0.717, 1.165) is 0 Å². The van der Waals surface area contributed by atoms with Crippen molar-refractivity contribution >= 4 is 17.8 Å². The molecule has 2 N–H and O–H groups in total. The van der Waals surface area contributed by atoms with Crippen molar-refractivity contribution < 1.29 is 33.0 Å². The largest absolute Gasteiger partial charge is 0.481 e. The first-order valence-corrected chi connectivity index (χ1v) is 7.62. The highest BCUT2D eigenvalue weighted by Gasteiger charge is 2.36. The number of ether oxygens (including phenoxy) is 1. The Morgan fingerprint density at radius 3 is 2.60 bits per heavy atom. The maximum atomic E-state index is 12.4. The zero-order valence-electron chi connectivity index (χ0n) is 13.4. The van der Waals surface area contributed by atoms with Gasteiger partial charge in [0.25, 0.3) is 5.91 Å². The molecule has 0 aliphatic carbocycles. The van der Waals surface area contributed by atoms with Crippen molar-refractivity contribution in [3.63, 3.8) is 0 Å². The van der Waals surface area contributed by atoms with Crippen molar-refractivity contribution in [2.45, 2.75) is 13.5 Å². The summed E-state index contributed by atoms with van der Waals surface area (Å²) in [5.41, 5.74) is -0.117. The predicted molar refractivity (Wildman–Crippen MR) is 82.3 cm³/mol. The zero-order valence-corrected chi connectivity index (χ0v) is 13.4. The van der Waals surface area contributed by atoms with Crippen LogP contribution in [0, 0.1) is 11.8 Å². The fourth-order valence-corrected chi connectivity index (χ4v) is 2.71. The lowest BCUT2D eigenvalue weighted by Gasteiger charge is -2.16. The summed E-state index contributed by atoms with van der Waals surface area (Å²) in [7, 11) is 0. The fraction of sp³-hybridized carbons (Fsp3) is 0.438. The first-order chi connectivity index (χ1) is 11.8. The SMILES string of the molecule is C[C@@H]1CN(C(=O)CNC(=O)c2ccccc2OC(F)F)C[C@H]1C(=O)O. The first kappa shape index (κ1) is 18.6. The molecular formula is C16H18F2N2O5. The third-order valence-electron chi connectivity index (χ3n) is 4.03. The number of rotatable bonds is 6. The van der Waals surface area contributed by atoms with E-state index in [9.17, 15) is 23.2 Å². The van der Waals surface area contributed by atoms with Crippen molar-refractivity contribution in [1.82, 2.24) is 10.2 Å². The number of alkyl halides is 2. The van der Waals surface area contributed by atoms with Crippen molar-refractivity contribution in [3.05, 3.63) is 29.8 Å². The summed E-state index contributed by atoms with van der Waals surface area (Å²) in [4.78, 5) is 36.7. The molecule has 2 rings (SSSR count). The summed E-state index contributed by atoms with van der Waals surface area (Å²) in [6.07, 6.45) is 0. The van der Waals surface area contributed by atoms with Gasteiger partial charge < -0.3 is 20.1 Å². The number of nitrogens with zero attached hydrogens (tertiary/aromatic N) is 1. The van der Waals surface area contributed by atoms with Crippen LogP contribution in [0.4, 0.5) is 8.78 Å². The Balaban J connectivity index is 1.94. The summed E-state index contributed by atoms with van der Waals surface area (Å²) in [6, 6.07) is 5.45. The fourth-order valence-electron chi connectivity index (χ4n) is 2.71. The van der Waals surface area contributed by atoms with Crippen molar-refractivity contribution in [2.24, 2.45) is 11.8 Å². The number of carbonyl (C=O) groups is 3. The van der Waals surface area contributed by atoms with Gasteiger partial charge >= 0.3 is 12.6 Å². The molecule has 1 aromatic carbocycles. The lowest BCUT2D eigenvalue weighted by atomic mass is 9.99. The predicted octanol–water partition coefficient (Wildman–Crippen LogP) is 1.20. The van der Waals surface area contributed by atoms with Crippen LogP contribution >= 0.6 is 0 Å². The number of carbonyl (C=O) groups excluding carboxylic acids is 2. The highest BCUT2D eigenvalue weighted by atomic mass is 19.3. The van der Waals surface area contributed by atoms with E-state index in [-0.39, 0.29) is 36.9 Å². The molecule has 2 atom stereocenters. The Hall–Kier alpha value is -2.71.